The Hall–Kier alpha value is -1.83. The second-order valence-corrected chi connectivity index (χ2v) is 4.97. The van der Waals surface area contributed by atoms with E-state index in [9.17, 15) is 0 Å². The Bertz CT molecular complexity index is 561. The zero-order chi connectivity index (χ0) is 13.8. The van der Waals surface area contributed by atoms with Gasteiger partial charge in [-0.1, -0.05) is 39.0 Å². The van der Waals surface area contributed by atoms with E-state index in [0.29, 0.717) is 11.8 Å². The van der Waals surface area contributed by atoms with Crippen LogP contribution in [0.5, 0.6) is 5.88 Å². The molecule has 1 aromatic heterocycles. The minimum absolute atomic E-state index is 0.540. The molecule has 19 heavy (non-hydrogen) atoms. The van der Waals surface area contributed by atoms with Crippen molar-refractivity contribution >= 4 is 0 Å². The molecule has 0 unspecified atom stereocenters. The van der Waals surface area contributed by atoms with Crippen molar-refractivity contribution in [3.8, 4) is 17.0 Å². The van der Waals surface area contributed by atoms with Crippen LogP contribution in [0.3, 0.4) is 0 Å². The van der Waals surface area contributed by atoms with Crippen molar-refractivity contribution in [2.45, 2.75) is 33.1 Å². The summed E-state index contributed by atoms with van der Waals surface area (Å²) in [4.78, 5) is 4.17. The maximum atomic E-state index is 5.22. The first kappa shape index (κ1) is 13.6. The van der Waals surface area contributed by atoms with Gasteiger partial charge in [0.15, 0.2) is 0 Å². The molecule has 0 radical (unpaired) electrons. The second-order valence-electron chi connectivity index (χ2n) is 4.97. The molecular formula is C17H21NO. The van der Waals surface area contributed by atoms with Gasteiger partial charge in [-0.25, -0.2) is 4.98 Å². The Kier molecular flexibility index (Phi) is 4.20. The molecule has 0 spiro atoms. The Morgan fingerprint density at radius 2 is 2.00 bits per heavy atom. The van der Waals surface area contributed by atoms with Gasteiger partial charge in [0.05, 0.1) is 7.11 Å². The topological polar surface area (TPSA) is 22.1 Å². The van der Waals surface area contributed by atoms with E-state index in [0.717, 1.165) is 6.42 Å². The first-order valence-corrected chi connectivity index (χ1v) is 6.79. The quantitative estimate of drug-likeness (QED) is 0.805. The smallest absolute Gasteiger partial charge is 0.213 e. The lowest BCUT2D eigenvalue weighted by atomic mass is 9.89. The molecule has 2 nitrogen and oxygen atoms in total. The first-order valence-electron chi connectivity index (χ1n) is 6.79. The molecule has 0 fully saturated rings. The number of nitrogens with zero attached hydrogens (tertiary/aromatic N) is 1. The lowest BCUT2D eigenvalue weighted by molar-refractivity contribution is 0.398. The number of ether oxygens (including phenoxy) is 1. The van der Waals surface area contributed by atoms with Gasteiger partial charge in [0, 0.05) is 12.3 Å². The standard InChI is InChI=1S/C17H21NO/c1-5-14-15(12(2)3)7-6-8-16(14)13-9-10-18-17(11-13)19-4/h6-12H,5H2,1-4H3. The van der Waals surface area contributed by atoms with E-state index in [1.54, 1.807) is 13.3 Å². The summed E-state index contributed by atoms with van der Waals surface area (Å²) in [6.45, 7) is 6.69. The highest BCUT2D eigenvalue weighted by molar-refractivity contribution is 5.69. The molecule has 0 saturated carbocycles. The van der Waals surface area contributed by atoms with Gasteiger partial charge in [0.1, 0.15) is 0 Å². The molecule has 2 rings (SSSR count). The van der Waals surface area contributed by atoms with Crippen molar-refractivity contribution in [3.05, 3.63) is 47.7 Å². The number of methoxy groups -OCH3 is 1. The molecule has 0 saturated heterocycles. The summed E-state index contributed by atoms with van der Waals surface area (Å²) in [5.74, 6) is 1.20. The third kappa shape index (κ3) is 2.78. The zero-order valence-electron chi connectivity index (χ0n) is 12.1. The van der Waals surface area contributed by atoms with E-state index in [4.69, 9.17) is 4.74 Å². The van der Waals surface area contributed by atoms with Crippen LogP contribution in [-0.2, 0) is 6.42 Å². The summed E-state index contributed by atoms with van der Waals surface area (Å²) >= 11 is 0. The lowest BCUT2D eigenvalue weighted by Crippen LogP contribution is -1.98. The highest BCUT2D eigenvalue weighted by Crippen LogP contribution is 2.31. The Morgan fingerprint density at radius 3 is 2.63 bits per heavy atom. The maximum Gasteiger partial charge on any atom is 0.213 e. The number of benzene rings is 1. The van der Waals surface area contributed by atoms with Crippen LogP contribution in [-0.4, -0.2) is 12.1 Å². The van der Waals surface area contributed by atoms with Gasteiger partial charge in [-0.2, -0.15) is 0 Å². The molecule has 0 N–H and O–H groups in total. The predicted molar refractivity (Wildman–Crippen MR) is 79.7 cm³/mol. The van der Waals surface area contributed by atoms with Gasteiger partial charge < -0.3 is 4.74 Å². The van der Waals surface area contributed by atoms with Crippen molar-refractivity contribution in [2.24, 2.45) is 0 Å². The summed E-state index contributed by atoms with van der Waals surface area (Å²) in [6.07, 6.45) is 2.84. The minimum atomic E-state index is 0.540. The first-order chi connectivity index (χ1) is 9.17. The molecule has 0 atom stereocenters. The fraction of sp³-hybridized carbons (Fsp3) is 0.353. The van der Waals surface area contributed by atoms with E-state index in [2.05, 4.69) is 44.0 Å². The van der Waals surface area contributed by atoms with Crippen molar-refractivity contribution in [1.29, 1.82) is 0 Å². The molecule has 0 amide bonds. The summed E-state index contributed by atoms with van der Waals surface area (Å²) < 4.78 is 5.22. The lowest BCUT2D eigenvalue weighted by Gasteiger charge is -2.16. The third-order valence-electron chi connectivity index (χ3n) is 3.44. The fourth-order valence-corrected chi connectivity index (χ4v) is 2.50. The summed E-state index contributed by atoms with van der Waals surface area (Å²) in [5, 5.41) is 0. The molecule has 100 valence electrons. The van der Waals surface area contributed by atoms with Crippen LogP contribution in [0, 0.1) is 0 Å². The van der Waals surface area contributed by atoms with E-state index >= 15 is 0 Å². The van der Waals surface area contributed by atoms with Crippen molar-refractivity contribution < 1.29 is 4.74 Å². The van der Waals surface area contributed by atoms with Gasteiger partial charge in [-0.15, -0.1) is 0 Å². The molecular weight excluding hydrogens is 234 g/mol. The van der Waals surface area contributed by atoms with Crippen LogP contribution in [0.1, 0.15) is 37.8 Å². The van der Waals surface area contributed by atoms with Gasteiger partial charge in [0.25, 0.3) is 0 Å². The van der Waals surface area contributed by atoms with E-state index in [-0.39, 0.29) is 0 Å². The molecule has 2 aromatic rings. The van der Waals surface area contributed by atoms with Crippen molar-refractivity contribution in [2.75, 3.05) is 7.11 Å². The van der Waals surface area contributed by atoms with E-state index in [1.165, 1.54) is 22.3 Å². The average Bonchev–Trinajstić information content (AvgIpc) is 2.46. The minimum Gasteiger partial charge on any atom is -0.481 e. The molecule has 1 heterocycles. The summed E-state index contributed by atoms with van der Waals surface area (Å²) in [5.41, 5.74) is 5.31. The average molecular weight is 255 g/mol. The zero-order valence-corrected chi connectivity index (χ0v) is 12.1. The van der Waals surface area contributed by atoms with Gasteiger partial charge in [-0.3, -0.25) is 0 Å². The van der Waals surface area contributed by atoms with Crippen LogP contribution in [0.4, 0.5) is 0 Å². The molecule has 0 aliphatic carbocycles. The van der Waals surface area contributed by atoms with E-state index < -0.39 is 0 Å². The SMILES string of the molecule is CCc1c(-c2ccnc(OC)c2)cccc1C(C)C. The highest BCUT2D eigenvalue weighted by atomic mass is 16.5. The number of aromatic nitrogens is 1. The van der Waals surface area contributed by atoms with Crippen molar-refractivity contribution in [1.82, 2.24) is 4.98 Å². The van der Waals surface area contributed by atoms with Gasteiger partial charge in [-0.05, 0) is 40.7 Å². The predicted octanol–water partition coefficient (Wildman–Crippen LogP) is 4.44. The van der Waals surface area contributed by atoms with Gasteiger partial charge in [0.2, 0.25) is 5.88 Å². The van der Waals surface area contributed by atoms with Crippen LogP contribution < -0.4 is 4.74 Å². The number of pyridine rings is 1. The Balaban J connectivity index is 2.58. The second kappa shape index (κ2) is 5.87. The number of hydrogen-bond donors (Lipinski definition) is 0. The largest absolute Gasteiger partial charge is 0.481 e. The van der Waals surface area contributed by atoms with E-state index in [1.807, 2.05) is 12.1 Å². The molecule has 0 aliphatic heterocycles. The molecule has 1 aromatic carbocycles. The van der Waals surface area contributed by atoms with Crippen LogP contribution in [0.15, 0.2) is 36.5 Å². The third-order valence-corrected chi connectivity index (χ3v) is 3.44. The maximum absolute atomic E-state index is 5.22. The summed E-state index contributed by atoms with van der Waals surface area (Å²) in [6, 6.07) is 10.6. The Labute approximate surface area is 115 Å². The van der Waals surface area contributed by atoms with Crippen LogP contribution >= 0.6 is 0 Å². The fourth-order valence-electron chi connectivity index (χ4n) is 2.50. The summed E-state index contributed by atoms with van der Waals surface area (Å²) in [7, 11) is 1.65. The van der Waals surface area contributed by atoms with Crippen LogP contribution in [0.25, 0.3) is 11.1 Å². The van der Waals surface area contributed by atoms with Gasteiger partial charge >= 0.3 is 0 Å². The van der Waals surface area contributed by atoms with Crippen molar-refractivity contribution in [3.63, 3.8) is 0 Å². The molecule has 2 heteroatoms. The highest BCUT2D eigenvalue weighted by Gasteiger charge is 2.11. The molecule has 0 bridgehead atoms. The normalized spacial score (nSPS) is 10.8. The molecule has 0 aliphatic rings. The number of rotatable bonds is 4. The van der Waals surface area contributed by atoms with Crippen LogP contribution in [0.2, 0.25) is 0 Å². The monoisotopic (exact) mass is 255 g/mol. The number of hydrogen-bond acceptors (Lipinski definition) is 2. The Morgan fingerprint density at radius 1 is 1.21 bits per heavy atom.